The molecule has 0 aromatic heterocycles. The average Bonchev–Trinajstić information content (AvgIpc) is 3.01. The van der Waals surface area contributed by atoms with Crippen molar-refractivity contribution in [3.05, 3.63) is 53.1 Å². The van der Waals surface area contributed by atoms with Crippen molar-refractivity contribution in [3.63, 3.8) is 0 Å². The molecule has 2 aromatic rings. The summed E-state index contributed by atoms with van der Waals surface area (Å²) < 4.78 is 15.6. The molecule has 1 N–H and O–H groups in total. The third-order valence-corrected chi connectivity index (χ3v) is 3.54. The first kappa shape index (κ1) is 15.2. The Labute approximate surface area is 138 Å². The quantitative estimate of drug-likeness (QED) is 0.867. The fraction of sp³-hybridized carbons (Fsp3) is 0.118. The first-order valence-electron chi connectivity index (χ1n) is 6.88. The molecule has 0 aliphatic carbocycles. The van der Waals surface area contributed by atoms with Crippen LogP contribution in [0.25, 0.3) is 6.08 Å². The van der Waals surface area contributed by atoms with E-state index in [4.69, 9.17) is 25.8 Å². The van der Waals surface area contributed by atoms with Crippen LogP contribution in [0, 0.1) is 0 Å². The lowest BCUT2D eigenvalue weighted by atomic mass is 10.2. The minimum Gasteiger partial charge on any atom is -0.495 e. The lowest BCUT2D eigenvalue weighted by molar-refractivity contribution is -0.111. The van der Waals surface area contributed by atoms with Crippen molar-refractivity contribution in [2.45, 2.75) is 0 Å². The maximum atomic E-state index is 12.0. The number of halogens is 1. The van der Waals surface area contributed by atoms with Crippen LogP contribution in [0.3, 0.4) is 0 Å². The molecule has 118 valence electrons. The van der Waals surface area contributed by atoms with Gasteiger partial charge in [-0.05, 0) is 42.0 Å². The predicted molar refractivity (Wildman–Crippen MR) is 88.2 cm³/mol. The highest BCUT2D eigenvalue weighted by Crippen LogP contribution is 2.32. The topological polar surface area (TPSA) is 56.8 Å². The molecule has 0 saturated heterocycles. The van der Waals surface area contributed by atoms with Gasteiger partial charge in [-0.15, -0.1) is 0 Å². The smallest absolute Gasteiger partial charge is 0.248 e. The van der Waals surface area contributed by atoms with Crippen LogP contribution in [0.2, 0.25) is 5.02 Å². The van der Waals surface area contributed by atoms with Crippen molar-refractivity contribution in [2.24, 2.45) is 0 Å². The predicted octanol–water partition coefficient (Wildman–Crippen LogP) is 3.73. The van der Waals surface area contributed by atoms with Crippen LogP contribution in [0.5, 0.6) is 17.2 Å². The van der Waals surface area contributed by atoms with E-state index in [1.54, 1.807) is 24.3 Å². The van der Waals surface area contributed by atoms with E-state index in [-0.39, 0.29) is 12.7 Å². The normalized spacial score (nSPS) is 12.4. The summed E-state index contributed by atoms with van der Waals surface area (Å²) in [5.41, 5.74) is 1.44. The number of anilines is 1. The number of methoxy groups -OCH3 is 1. The minimum absolute atomic E-state index is 0.223. The number of fused-ring (bicyclic) bond motifs is 1. The zero-order valence-electron chi connectivity index (χ0n) is 12.3. The van der Waals surface area contributed by atoms with Gasteiger partial charge in [0.15, 0.2) is 11.5 Å². The summed E-state index contributed by atoms with van der Waals surface area (Å²) in [6, 6.07) is 10.5. The summed E-state index contributed by atoms with van der Waals surface area (Å²) in [7, 11) is 1.54. The van der Waals surface area contributed by atoms with Crippen LogP contribution in [-0.4, -0.2) is 19.8 Å². The number of hydrogen-bond donors (Lipinski definition) is 1. The highest BCUT2D eigenvalue weighted by atomic mass is 35.5. The molecule has 2 aromatic carbocycles. The molecule has 23 heavy (non-hydrogen) atoms. The van der Waals surface area contributed by atoms with Gasteiger partial charge in [0, 0.05) is 11.8 Å². The van der Waals surface area contributed by atoms with Crippen molar-refractivity contribution in [1.82, 2.24) is 0 Å². The van der Waals surface area contributed by atoms with Gasteiger partial charge in [0.1, 0.15) is 5.75 Å². The van der Waals surface area contributed by atoms with Crippen molar-refractivity contribution in [3.8, 4) is 17.2 Å². The second-order valence-corrected chi connectivity index (χ2v) is 5.19. The van der Waals surface area contributed by atoms with E-state index in [0.29, 0.717) is 28.0 Å². The van der Waals surface area contributed by atoms with E-state index < -0.39 is 0 Å². The molecule has 0 unspecified atom stereocenters. The number of benzene rings is 2. The summed E-state index contributed by atoms with van der Waals surface area (Å²) in [6.45, 7) is 0.223. The van der Waals surface area contributed by atoms with Crippen molar-refractivity contribution >= 4 is 29.3 Å². The Morgan fingerprint density at radius 3 is 2.83 bits per heavy atom. The van der Waals surface area contributed by atoms with Gasteiger partial charge in [0.25, 0.3) is 0 Å². The molecule has 1 heterocycles. The molecule has 3 rings (SSSR count). The van der Waals surface area contributed by atoms with Crippen LogP contribution in [0.4, 0.5) is 5.69 Å². The standard InChI is InChI=1S/C17H14ClNO4/c1-21-14-6-4-12(9-13(14)18)19-17(20)7-3-11-2-5-15-16(8-11)23-10-22-15/h2-9H,10H2,1H3,(H,19,20). The maximum absolute atomic E-state index is 12.0. The van der Waals surface area contributed by atoms with E-state index in [9.17, 15) is 4.79 Å². The van der Waals surface area contributed by atoms with Crippen molar-refractivity contribution < 1.29 is 19.0 Å². The highest BCUT2D eigenvalue weighted by molar-refractivity contribution is 6.32. The van der Waals surface area contributed by atoms with Gasteiger partial charge in [0.2, 0.25) is 12.7 Å². The number of carbonyl (C=O) groups is 1. The fourth-order valence-electron chi connectivity index (χ4n) is 2.12. The molecule has 0 spiro atoms. The Kier molecular flexibility index (Phi) is 4.39. The molecule has 0 saturated carbocycles. The van der Waals surface area contributed by atoms with Crippen molar-refractivity contribution in [1.29, 1.82) is 0 Å². The van der Waals surface area contributed by atoms with Crippen LogP contribution < -0.4 is 19.5 Å². The summed E-state index contributed by atoms with van der Waals surface area (Å²) >= 11 is 6.02. The van der Waals surface area contributed by atoms with Crippen LogP contribution in [0.1, 0.15) is 5.56 Å². The fourth-order valence-corrected chi connectivity index (χ4v) is 2.37. The Balaban J connectivity index is 1.66. The van der Waals surface area contributed by atoms with E-state index in [1.807, 2.05) is 18.2 Å². The van der Waals surface area contributed by atoms with Gasteiger partial charge in [-0.2, -0.15) is 0 Å². The molecule has 0 radical (unpaired) electrons. The minimum atomic E-state index is -0.260. The molecule has 1 aliphatic heterocycles. The van der Waals surface area contributed by atoms with E-state index in [0.717, 1.165) is 5.56 Å². The van der Waals surface area contributed by atoms with E-state index in [1.165, 1.54) is 13.2 Å². The Morgan fingerprint density at radius 1 is 1.22 bits per heavy atom. The average molecular weight is 332 g/mol. The lowest BCUT2D eigenvalue weighted by Gasteiger charge is -2.06. The molecule has 1 amide bonds. The zero-order valence-corrected chi connectivity index (χ0v) is 13.1. The van der Waals surface area contributed by atoms with Crippen molar-refractivity contribution in [2.75, 3.05) is 19.2 Å². The Bertz CT molecular complexity index is 773. The summed E-state index contributed by atoms with van der Waals surface area (Å²) in [5, 5.41) is 3.17. The Morgan fingerprint density at radius 2 is 2.04 bits per heavy atom. The van der Waals surface area contributed by atoms with Gasteiger partial charge in [-0.3, -0.25) is 4.79 Å². The SMILES string of the molecule is COc1ccc(NC(=O)C=Cc2ccc3c(c2)OCO3)cc1Cl. The number of amides is 1. The first-order valence-corrected chi connectivity index (χ1v) is 7.26. The van der Waals surface area contributed by atoms with Crippen LogP contribution in [0.15, 0.2) is 42.5 Å². The summed E-state index contributed by atoms with van der Waals surface area (Å²) in [4.78, 5) is 12.0. The first-order chi connectivity index (χ1) is 11.2. The summed E-state index contributed by atoms with van der Waals surface area (Å²) in [6.07, 6.45) is 3.14. The lowest BCUT2D eigenvalue weighted by Crippen LogP contribution is -2.07. The van der Waals surface area contributed by atoms with Gasteiger partial charge >= 0.3 is 0 Å². The molecular weight excluding hydrogens is 318 g/mol. The molecule has 6 heteroatoms. The molecule has 0 fully saturated rings. The van der Waals surface area contributed by atoms with E-state index >= 15 is 0 Å². The largest absolute Gasteiger partial charge is 0.495 e. The summed E-state index contributed by atoms with van der Waals surface area (Å²) in [5.74, 6) is 1.68. The molecule has 1 aliphatic rings. The molecule has 0 bridgehead atoms. The van der Waals surface area contributed by atoms with Gasteiger partial charge < -0.3 is 19.5 Å². The van der Waals surface area contributed by atoms with E-state index in [2.05, 4.69) is 5.32 Å². The number of nitrogens with one attached hydrogen (secondary N) is 1. The number of hydrogen-bond acceptors (Lipinski definition) is 4. The monoisotopic (exact) mass is 331 g/mol. The second-order valence-electron chi connectivity index (χ2n) is 4.78. The molecular formula is C17H14ClNO4. The maximum Gasteiger partial charge on any atom is 0.248 e. The zero-order chi connectivity index (χ0) is 16.2. The number of rotatable bonds is 4. The van der Waals surface area contributed by atoms with Crippen LogP contribution in [-0.2, 0) is 4.79 Å². The number of carbonyl (C=O) groups excluding carboxylic acids is 1. The Hall–Kier alpha value is -2.66. The van der Waals surface area contributed by atoms with Gasteiger partial charge in [0.05, 0.1) is 12.1 Å². The second kappa shape index (κ2) is 6.62. The molecule has 5 nitrogen and oxygen atoms in total. The highest BCUT2D eigenvalue weighted by Gasteiger charge is 2.12. The van der Waals surface area contributed by atoms with Gasteiger partial charge in [-0.25, -0.2) is 0 Å². The van der Waals surface area contributed by atoms with Gasteiger partial charge in [-0.1, -0.05) is 17.7 Å². The van der Waals surface area contributed by atoms with Crippen LogP contribution >= 0.6 is 11.6 Å². The number of ether oxygens (including phenoxy) is 3. The third kappa shape index (κ3) is 3.57. The third-order valence-electron chi connectivity index (χ3n) is 3.24. The molecule has 0 atom stereocenters.